The standard InChI is InChI=1S/C16H28O3S/c17-8-6-4-2-1-3-5-7-13-14-9-12(11-20)19-16(14)10-15(13)18/h5,7,12-18,20H,1-4,6,8-11H2/t12-,13+,14+,15+,16+/m0/s1. The molecule has 1 heterocycles. The van der Waals surface area contributed by atoms with E-state index in [-0.39, 0.29) is 24.2 Å². The van der Waals surface area contributed by atoms with Crippen molar-refractivity contribution in [3.63, 3.8) is 0 Å². The Morgan fingerprint density at radius 1 is 1.15 bits per heavy atom. The van der Waals surface area contributed by atoms with Gasteiger partial charge in [-0.2, -0.15) is 12.6 Å². The first kappa shape index (κ1) is 16.3. The van der Waals surface area contributed by atoms with Gasteiger partial charge in [0.1, 0.15) is 0 Å². The summed E-state index contributed by atoms with van der Waals surface area (Å²) < 4.78 is 5.91. The van der Waals surface area contributed by atoms with Crippen LogP contribution in [-0.2, 0) is 4.74 Å². The Balaban J connectivity index is 1.71. The van der Waals surface area contributed by atoms with Gasteiger partial charge in [0.15, 0.2) is 0 Å². The number of ether oxygens (including phenoxy) is 1. The second-order valence-corrected chi connectivity index (χ2v) is 6.48. The number of allylic oxidation sites excluding steroid dienone is 1. The molecule has 1 saturated heterocycles. The Kier molecular flexibility index (Phi) is 6.88. The normalized spacial score (nSPS) is 36.9. The van der Waals surface area contributed by atoms with E-state index in [4.69, 9.17) is 9.84 Å². The summed E-state index contributed by atoms with van der Waals surface area (Å²) in [6.07, 6.45) is 12.0. The smallest absolute Gasteiger partial charge is 0.0670 e. The van der Waals surface area contributed by atoms with Gasteiger partial charge in [-0.3, -0.25) is 0 Å². The first-order valence-electron chi connectivity index (χ1n) is 7.98. The third-order valence-corrected chi connectivity index (χ3v) is 5.04. The van der Waals surface area contributed by atoms with E-state index in [9.17, 15) is 5.11 Å². The zero-order valence-corrected chi connectivity index (χ0v) is 13.0. The van der Waals surface area contributed by atoms with Crippen LogP contribution >= 0.6 is 12.6 Å². The van der Waals surface area contributed by atoms with E-state index in [0.29, 0.717) is 12.5 Å². The first-order valence-corrected chi connectivity index (χ1v) is 8.61. The van der Waals surface area contributed by atoms with Crippen molar-refractivity contribution >= 4 is 12.6 Å². The molecule has 3 nitrogen and oxygen atoms in total. The summed E-state index contributed by atoms with van der Waals surface area (Å²) in [6.45, 7) is 0.305. The van der Waals surface area contributed by atoms with Crippen LogP contribution in [0.3, 0.4) is 0 Å². The molecule has 2 N–H and O–H groups in total. The second-order valence-electron chi connectivity index (χ2n) is 6.11. The van der Waals surface area contributed by atoms with Crippen LogP contribution < -0.4 is 0 Å². The maximum atomic E-state index is 10.1. The Morgan fingerprint density at radius 3 is 2.70 bits per heavy atom. The maximum Gasteiger partial charge on any atom is 0.0670 e. The van der Waals surface area contributed by atoms with Crippen molar-refractivity contribution in [1.82, 2.24) is 0 Å². The minimum Gasteiger partial charge on any atom is -0.396 e. The largest absolute Gasteiger partial charge is 0.396 e. The fourth-order valence-corrected chi connectivity index (χ4v) is 3.78. The highest BCUT2D eigenvalue weighted by Gasteiger charge is 2.47. The van der Waals surface area contributed by atoms with E-state index in [1.807, 2.05) is 0 Å². The summed E-state index contributed by atoms with van der Waals surface area (Å²) in [7, 11) is 0. The third kappa shape index (κ3) is 4.23. The predicted octanol–water partition coefficient (Wildman–Crippen LogP) is 2.57. The van der Waals surface area contributed by atoms with Gasteiger partial charge in [-0.05, 0) is 31.6 Å². The molecule has 0 aromatic rings. The number of thiol groups is 1. The van der Waals surface area contributed by atoms with Gasteiger partial charge in [-0.25, -0.2) is 0 Å². The summed E-state index contributed by atoms with van der Waals surface area (Å²) in [5.74, 6) is 1.53. The van der Waals surface area contributed by atoms with Gasteiger partial charge in [0.25, 0.3) is 0 Å². The maximum absolute atomic E-state index is 10.1. The van der Waals surface area contributed by atoms with Crippen molar-refractivity contribution in [2.24, 2.45) is 11.8 Å². The van der Waals surface area contributed by atoms with Crippen LogP contribution in [0, 0.1) is 11.8 Å². The molecule has 5 atom stereocenters. The minimum absolute atomic E-state index is 0.237. The molecule has 0 aromatic heterocycles. The lowest BCUT2D eigenvalue weighted by Gasteiger charge is -2.16. The van der Waals surface area contributed by atoms with Gasteiger partial charge < -0.3 is 14.9 Å². The van der Waals surface area contributed by atoms with E-state index in [2.05, 4.69) is 24.8 Å². The van der Waals surface area contributed by atoms with Crippen LogP contribution in [0.25, 0.3) is 0 Å². The summed E-state index contributed by atoms with van der Waals surface area (Å²) in [5.41, 5.74) is 0. The van der Waals surface area contributed by atoms with Crippen LogP contribution in [0.4, 0.5) is 0 Å². The first-order chi connectivity index (χ1) is 9.76. The van der Waals surface area contributed by atoms with Gasteiger partial charge in [-0.1, -0.05) is 25.0 Å². The monoisotopic (exact) mass is 300 g/mol. The molecule has 0 unspecified atom stereocenters. The summed E-state index contributed by atoms with van der Waals surface area (Å²) >= 11 is 4.31. The molecule has 1 aliphatic carbocycles. The SMILES string of the molecule is OCCCCCCC=C[C@@H]1[C@H]2C[C@@H](CS)O[C@@H]2C[C@H]1O. The Hall–Kier alpha value is -0.0300. The topological polar surface area (TPSA) is 49.7 Å². The number of aliphatic hydroxyl groups is 2. The Bertz CT molecular complexity index is 308. The van der Waals surface area contributed by atoms with E-state index in [0.717, 1.165) is 37.9 Å². The summed E-state index contributed by atoms with van der Waals surface area (Å²) in [4.78, 5) is 0. The number of aliphatic hydroxyl groups excluding tert-OH is 2. The number of hydrogen-bond acceptors (Lipinski definition) is 4. The van der Waals surface area contributed by atoms with Crippen molar-refractivity contribution in [1.29, 1.82) is 0 Å². The van der Waals surface area contributed by atoms with Crippen LogP contribution in [0.2, 0.25) is 0 Å². The molecule has 2 fully saturated rings. The van der Waals surface area contributed by atoms with Crippen LogP contribution in [0.15, 0.2) is 12.2 Å². The zero-order valence-electron chi connectivity index (χ0n) is 12.2. The van der Waals surface area contributed by atoms with Crippen molar-refractivity contribution in [2.45, 2.75) is 63.3 Å². The predicted molar refractivity (Wildman–Crippen MR) is 84.0 cm³/mol. The molecule has 2 aliphatic rings. The average molecular weight is 300 g/mol. The lowest BCUT2D eigenvalue weighted by Crippen LogP contribution is -2.19. The minimum atomic E-state index is -0.239. The number of fused-ring (bicyclic) bond motifs is 1. The molecule has 0 bridgehead atoms. The van der Waals surface area contributed by atoms with Crippen molar-refractivity contribution in [3.05, 3.63) is 12.2 Å². The molecule has 0 spiro atoms. The van der Waals surface area contributed by atoms with Crippen molar-refractivity contribution in [2.75, 3.05) is 12.4 Å². The molecule has 1 saturated carbocycles. The molecule has 1 aliphatic heterocycles. The molecular formula is C16H28O3S. The Morgan fingerprint density at radius 2 is 1.95 bits per heavy atom. The Labute approximate surface area is 127 Å². The van der Waals surface area contributed by atoms with Gasteiger partial charge in [0.05, 0.1) is 18.3 Å². The van der Waals surface area contributed by atoms with Crippen molar-refractivity contribution in [3.8, 4) is 0 Å². The number of rotatable bonds is 8. The zero-order chi connectivity index (χ0) is 14.4. The molecule has 0 radical (unpaired) electrons. The van der Waals surface area contributed by atoms with E-state index >= 15 is 0 Å². The third-order valence-electron chi connectivity index (χ3n) is 4.63. The van der Waals surface area contributed by atoms with Gasteiger partial charge in [0.2, 0.25) is 0 Å². The van der Waals surface area contributed by atoms with Crippen LogP contribution in [-0.4, -0.2) is 40.9 Å². The average Bonchev–Trinajstić information content (AvgIpc) is 2.96. The summed E-state index contributed by atoms with van der Waals surface area (Å²) in [5, 5.41) is 18.9. The molecule has 116 valence electrons. The highest BCUT2D eigenvalue weighted by atomic mass is 32.1. The van der Waals surface area contributed by atoms with Gasteiger partial charge in [-0.15, -0.1) is 0 Å². The molecule has 0 aromatic carbocycles. The van der Waals surface area contributed by atoms with E-state index in [1.165, 1.54) is 12.8 Å². The lowest BCUT2D eigenvalue weighted by molar-refractivity contribution is 0.0395. The van der Waals surface area contributed by atoms with Gasteiger partial charge in [0, 0.05) is 24.7 Å². The number of unbranched alkanes of at least 4 members (excludes halogenated alkanes) is 4. The molecule has 4 heteroatoms. The highest BCUT2D eigenvalue weighted by Crippen LogP contribution is 2.44. The highest BCUT2D eigenvalue weighted by molar-refractivity contribution is 7.80. The second kappa shape index (κ2) is 8.42. The number of hydrogen-bond donors (Lipinski definition) is 3. The van der Waals surface area contributed by atoms with Gasteiger partial charge >= 0.3 is 0 Å². The molecule has 2 rings (SSSR count). The van der Waals surface area contributed by atoms with E-state index in [1.54, 1.807) is 0 Å². The van der Waals surface area contributed by atoms with E-state index < -0.39 is 0 Å². The molecular weight excluding hydrogens is 272 g/mol. The quantitative estimate of drug-likeness (QED) is 0.367. The lowest BCUT2D eigenvalue weighted by atomic mass is 9.90. The van der Waals surface area contributed by atoms with Crippen LogP contribution in [0.5, 0.6) is 0 Å². The molecule has 0 amide bonds. The fraction of sp³-hybridized carbons (Fsp3) is 0.875. The fourth-order valence-electron chi connectivity index (χ4n) is 3.54. The van der Waals surface area contributed by atoms with Crippen molar-refractivity contribution < 1.29 is 14.9 Å². The summed E-state index contributed by atoms with van der Waals surface area (Å²) in [6, 6.07) is 0. The molecule has 20 heavy (non-hydrogen) atoms. The van der Waals surface area contributed by atoms with Crippen LogP contribution in [0.1, 0.15) is 44.9 Å².